The minimum Gasteiger partial charge on any atom is -0.254 e. The normalized spacial score (nSPS) is 12.7. The second-order valence-corrected chi connectivity index (χ2v) is 6.17. The first-order valence-electron chi connectivity index (χ1n) is 5.72. The Hall–Kier alpha value is -0.930. The molecule has 0 aliphatic heterocycles. The summed E-state index contributed by atoms with van der Waals surface area (Å²) in [5.41, 5.74) is 2.17. The number of nitrogens with zero attached hydrogens (tertiary/aromatic N) is 1. The minimum absolute atomic E-state index is 1.04. The summed E-state index contributed by atoms with van der Waals surface area (Å²) >= 11 is 3.44. The van der Waals surface area contributed by atoms with Crippen LogP contribution in [0, 0.1) is 0 Å². The van der Waals surface area contributed by atoms with Crippen LogP contribution in [0.4, 0.5) is 0 Å². The van der Waals surface area contributed by atoms with E-state index in [0.717, 1.165) is 16.2 Å². The molecule has 0 atom stereocenters. The molecule has 18 heavy (non-hydrogen) atoms. The fraction of sp³-hybridized carbons (Fsp3) is 0.267. The van der Waals surface area contributed by atoms with Crippen LogP contribution in [-0.2, 0) is 0 Å². The second-order valence-electron chi connectivity index (χ2n) is 4.02. The van der Waals surface area contributed by atoms with Gasteiger partial charge in [0.05, 0.1) is 5.04 Å². The Morgan fingerprint density at radius 1 is 1.22 bits per heavy atom. The maximum absolute atomic E-state index is 4.45. The van der Waals surface area contributed by atoms with E-state index in [9.17, 15) is 0 Å². The largest absolute Gasteiger partial charge is 0.254 e. The molecule has 0 spiro atoms. The van der Waals surface area contributed by atoms with Gasteiger partial charge in [0.2, 0.25) is 0 Å². The van der Waals surface area contributed by atoms with Crippen LogP contribution in [0.5, 0.6) is 0 Å². The van der Waals surface area contributed by atoms with Crippen LogP contribution in [0.25, 0.3) is 0 Å². The third-order valence-corrected chi connectivity index (χ3v) is 4.04. The molecule has 0 N–H and O–H groups in total. The Balaban J connectivity index is 2.74. The van der Waals surface area contributed by atoms with Crippen molar-refractivity contribution in [3.8, 4) is 0 Å². The van der Waals surface area contributed by atoms with Crippen molar-refractivity contribution in [3.05, 3.63) is 48.2 Å². The maximum Gasteiger partial charge on any atom is 0.0748 e. The van der Waals surface area contributed by atoms with Crippen LogP contribution in [0.2, 0.25) is 0 Å². The number of rotatable bonds is 4. The molecule has 0 saturated heterocycles. The highest BCUT2D eigenvalue weighted by Gasteiger charge is 1.98. The molecule has 3 heteroatoms. The molecule has 1 nitrogen and oxygen atoms in total. The van der Waals surface area contributed by atoms with Crippen molar-refractivity contribution < 1.29 is 0 Å². The highest BCUT2D eigenvalue weighted by Crippen LogP contribution is 2.24. The molecule has 0 aliphatic carbocycles. The monoisotopic (exact) mass is 277 g/mol. The summed E-state index contributed by atoms with van der Waals surface area (Å²) in [6.45, 7) is 9.94. The van der Waals surface area contributed by atoms with Gasteiger partial charge in [-0.2, -0.15) is 0 Å². The van der Waals surface area contributed by atoms with Crippen LogP contribution >= 0.6 is 23.5 Å². The van der Waals surface area contributed by atoms with Crippen LogP contribution < -0.4 is 0 Å². The van der Waals surface area contributed by atoms with Crippen LogP contribution in [0.15, 0.2) is 63.0 Å². The van der Waals surface area contributed by atoms with Crippen molar-refractivity contribution in [1.29, 1.82) is 0 Å². The van der Waals surface area contributed by atoms with Crippen molar-refractivity contribution in [3.63, 3.8) is 0 Å². The molecular weight excluding hydrogens is 258 g/mol. The van der Waals surface area contributed by atoms with E-state index in [1.54, 1.807) is 23.5 Å². The van der Waals surface area contributed by atoms with Gasteiger partial charge in [0.1, 0.15) is 0 Å². The van der Waals surface area contributed by atoms with Gasteiger partial charge >= 0.3 is 0 Å². The fourth-order valence-electron chi connectivity index (χ4n) is 1.16. The third kappa shape index (κ3) is 5.15. The summed E-state index contributed by atoms with van der Waals surface area (Å²) in [7, 11) is 0. The number of aliphatic imine (C=N–C) groups is 1. The third-order valence-electron chi connectivity index (χ3n) is 2.42. The predicted octanol–water partition coefficient (Wildman–Crippen LogP) is 5.40. The summed E-state index contributed by atoms with van der Waals surface area (Å²) < 4.78 is 0. The Labute approximate surface area is 118 Å². The summed E-state index contributed by atoms with van der Waals surface area (Å²) in [5, 5.41) is 1.04. The first-order valence-corrected chi connectivity index (χ1v) is 7.76. The molecule has 0 unspecified atom stereocenters. The highest BCUT2D eigenvalue weighted by molar-refractivity contribution is 8.14. The van der Waals surface area contributed by atoms with Crippen LogP contribution in [0.3, 0.4) is 0 Å². The van der Waals surface area contributed by atoms with E-state index in [-0.39, 0.29) is 0 Å². The van der Waals surface area contributed by atoms with Crippen molar-refractivity contribution in [1.82, 2.24) is 0 Å². The molecule has 0 radical (unpaired) electrons. The Kier molecular flexibility index (Phi) is 6.30. The lowest BCUT2D eigenvalue weighted by Gasteiger charge is -2.02. The highest BCUT2D eigenvalue weighted by atomic mass is 32.2. The van der Waals surface area contributed by atoms with Gasteiger partial charge in [-0.25, -0.2) is 0 Å². The summed E-state index contributed by atoms with van der Waals surface area (Å²) in [6, 6.07) is 8.49. The Morgan fingerprint density at radius 2 is 1.89 bits per heavy atom. The number of thioether (sulfide) groups is 2. The number of hydrogen-bond donors (Lipinski definition) is 0. The topological polar surface area (TPSA) is 12.4 Å². The lowest BCUT2D eigenvalue weighted by Crippen LogP contribution is -1.84. The maximum atomic E-state index is 4.45. The Bertz CT molecular complexity index is 487. The number of hydrogen-bond acceptors (Lipinski definition) is 3. The van der Waals surface area contributed by atoms with Crippen molar-refractivity contribution >= 4 is 28.6 Å². The SMILES string of the molecule is C=C(C)/C(C)=C/N=C(\C)Sc1cccc(SC)c1. The van der Waals surface area contributed by atoms with Crippen LogP contribution in [-0.4, -0.2) is 11.3 Å². The molecule has 1 rings (SSSR count). The zero-order valence-corrected chi connectivity index (χ0v) is 13.0. The smallest absolute Gasteiger partial charge is 0.0748 e. The van der Waals surface area contributed by atoms with Gasteiger partial charge in [-0.15, -0.1) is 11.8 Å². The van der Waals surface area contributed by atoms with E-state index in [4.69, 9.17) is 0 Å². The quantitative estimate of drug-likeness (QED) is 0.316. The van der Waals surface area contributed by atoms with E-state index < -0.39 is 0 Å². The molecule has 1 aromatic rings. The molecular formula is C15H19NS2. The van der Waals surface area contributed by atoms with Gasteiger partial charge < -0.3 is 0 Å². The first kappa shape index (κ1) is 15.1. The minimum atomic E-state index is 1.04. The average Bonchev–Trinajstić information content (AvgIpc) is 2.36. The van der Waals surface area contributed by atoms with Crippen molar-refractivity contribution in [2.24, 2.45) is 4.99 Å². The van der Waals surface area contributed by atoms with Gasteiger partial charge in [-0.3, -0.25) is 4.99 Å². The van der Waals surface area contributed by atoms with E-state index >= 15 is 0 Å². The predicted molar refractivity (Wildman–Crippen MR) is 85.8 cm³/mol. The zero-order valence-electron chi connectivity index (χ0n) is 11.4. The number of allylic oxidation sites excluding steroid dienone is 2. The van der Waals surface area contributed by atoms with Crippen molar-refractivity contribution in [2.75, 3.05) is 6.26 Å². The zero-order chi connectivity index (χ0) is 13.5. The molecule has 0 heterocycles. The molecule has 0 aliphatic rings. The van der Waals surface area contributed by atoms with E-state index in [1.807, 2.05) is 27.0 Å². The molecule has 0 saturated carbocycles. The van der Waals surface area contributed by atoms with E-state index in [0.29, 0.717) is 0 Å². The Morgan fingerprint density at radius 3 is 2.50 bits per heavy atom. The van der Waals surface area contributed by atoms with Gasteiger partial charge in [0.25, 0.3) is 0 Å². The van der Waals surface area contributed by atoms with Crippen molar-refractivity contribution in [2.45, 2.75) is 30.6 Å². The number of benzene rings is 1. The fourth-order valence-corrected chi connectivity index (χ4v) is 2.47. The van der Waals surface area contributed by atoms with Gasteiger partial charge in [-0.05, 0) is 50.8 Å². The first-order chi connectivity index (χ1) is 8.52. The molecule has 0 bridgehead atoms. The molecule has 96 valence electrons. The lowest BCUT2D eigenvalue weighted by atomic mass is 10.2. The molecule has 0 fully saturated rings. The standard InChI is InChI=1S/C15H19NS2/c1-11(2)12(3)10-16-13(4)18-15-8-6-7-14(9-15)17-5/h6-10H,1H2,2-5H3/b12-10+,16-13+. The van der Waals surface area contributed by atoms with E-state index in [2.05, 4.69) is 42.1 Å². The second kappa shape index (κ2) is 7.49. The summed E-state index contributed by atoms with van der Waals surface area (Å²) in [5.74, 6) is 0. The molecule has 0 amide bonds. The molecule has 1 aromatic carbocycles. The van der Waals surface area contributed by atoms with Gasteiger partial charge in [-0.1, -0.05) is 30.0 Å². The van der Waals surface area contributed by atoms with Crippen LogP contribution in [0.1, 0.15) is 20.8 Å². The van der Waals surface area contributed by atoms with Gasteiger partial charge in [0, 0.05) is 16.0 Å². The molecule has 0 aromatic heterocycles. The summed E-state index contributed by atoms with van der Waals surface area (Å²) in [6.07, 6.45) is 3.97. The average molecular weight is 277 g/mol. The van der Waals surface area contributed by atoms with Gasteiger partial charge in [0.15, 0.2) is 0 Å². The van der Waals surface area contributed by atoms with E-state index in [1.165, 1.54) is 9.79 Å². The lowest BCUT2D eigenvalue weighted by molar-refractivity contribution is 1.32. The summed E-state index contributed by atoms with van der Waals surface area (Å²) in [4.78, 5) is 6.95.